The van der Waals surface area contributed by atoms with Gasteiger partial charge in [0.15, 0.2) is 0 Å². The fraction of sp³-hybridized carbons (Fsp3) is 0.588. The standard InChI is InChI=1S/C17H24O3/c1-3-12(4-2)10-14-16(18)15(20-17(14)19)11-13-8-6-5-7-9-13/h5-9,12,14-16,18H,3-4,10-11H2,1-2H3. The quantitative estimate of drug-likeness (QED) is 0.813. The van der Waals surface area contributed by atoms with E-state index in [9.17, 15) is 9.90 Å². The molecule has 0 spiro atoms. The SMILES string of the molecule is CCC(CC)CC1C(=O)OC(Cc2ccccc2)C1O. The summed E-state index contributed by atoms with van der Waals surface area (Å²) >= 11 is 0. The lowest BCUT2D eigenvalue weighted by molar-refractivity contribution is -0.144. The zero-order valence-corrected chi connectivity index (χ0v) is 12.3. The van der Waals surface area contributed by atoms with Crippen molar-refractivity contribution < 1.29 is 14.6 Å². The summed E-state index contributed by atoms with van der Waals surface area (Å²) in [5.41, 5.74) is 1.09. The summed E-state index contributed by atoms with van der Waals surface area (Å²) < 4.78 is 5.39. The maximum absolute atomic E-state index is 12.0. The fourth-order valence-corrected chi connectivity index (χ4v) is 2.93. The Labute approximate surface area is 121 Å². The summed E-state index contributed by atoms with van der Waals surface area (Å²) in [6.07, 6.45) is 2.32. The van der Waals surface area contributed by atoms with Crippen molar-refractivity contribution in [3.05, 3.63) is 35.9 Å². The Morgan fingerprint density at radius 3 is 2.45 bits per heavy atom. The van der Waals surface area contributed by atoms with Crippen LogP contribution in [0.3, 0.4) is 0 Å². The third kappa shape index (κ3) is 3.40. The zero-order valence-electron chi connectivity index (χ0n) is 12.3. The number of benzene rings is 1. The zero-order chi connectivity index (χ0) is 14.5. The number of aliphatic hydroxyl groups excluding tert-OH is 1. The van der Waals surface area contributed by atoms with Gasteiger partial charge in [-0.2, -0.15) is 0 Å². The summed E-state index contributed by atoms with van der Waals surface area (Å²) in [5, 5.41) is 10.4. The van der Waals surface area contributed by atoms with Crippen molar-refractivity contribution in [1.82, 2.24) is 0 Å². The molecule has 1 saturated heterocycles. The molecule has 2 rings (SSSR count). The molecule has 1 N–H and O–H groups in total. The van der Waals surface area contributed by atoms with E-state index < -0.39 is 12.2 Å². The smallest absolute Gasteiger partial charge is 0.312 e. The molecular formula is C17H24O3. The van der Waals surface area contributed by atoms with Crippen LogP contribution in [-0.4, -0.2) is 23.3 Å². The van der Waals surface area contributed by atoms with Gasteiger partial charge in [-0.15, -0.1) is 0 Å². The number of aliphatic hydroxyl groups is 1. The number of cyclic esters (lactones) is 1. The maximum Gasteiger partial charge on any atom is 0.312 e. The first-order valence-corrected chi connectivity index (χ1v) is 7.58. The first-order chi connectivity index (χ1) is 9.65. The third-order valence-electron chi connectivity index (χ3n) is 4.39. The Morgan fingerprint density at radius 1 is 1.20 bits per heavy atom. The fourth-order valence-electron chi connectivity index (χ4n) is 2.93. The van der Waals surface area contributed by atoms with Crippen LogP contribution in [0.4, 0.5) is 0 Å². The molecule has 3 heteroatoms. The lowest BCUT2D eigenvalue weighted by Crippen LogP contribution is -2.29. The lowest BCUT2D eigenvalue weighted by Gasteiger charge is -2.19. The van der Waals surface area contributed by atoms with Crippen LogP contribution in [0, 0.1) is 11.8 Å². The second kappa shape index (κ2) is 6.89. The van der Waals surface area contributed by atoms with Gasteiger partial charge in [0, 0.05) is 6.42 Å². The molecule has 0 radical (unpaired) electrons. The number of esters is 1. The van der Waals surface area contributed by atoms with Crippen molar-refractivity contribution >= 4 is 5.97 Å². The van der Waals surface area contributed by atoms with Crippen molar-refractivity contribution in [2.24, 2.45) is 11.8 Å². The minimum absolute atomic E-state index is 0.231. The van der Waals surface area contributed by atoms with E-state index in [0.717, 1.165) is 24.8 Å². The predicted octanol–water partition coefficient (Wildman–Crippen LogP) is 2.96. The minimum atomic E-state index is -0.677. The van der Waals surface area contributed by atoms with Crippen LogP contribution < -0.4 is 0 Å². The first kappa shape index (κ1) is 15.0. The first-order valence-electron chi connectivity index (χ1n) is 7.58. The van der Waals surface area contributed by atoms with Gasteiger partial charge in [0.05, 0.1) is 5.92 Å². The summed E-state index contributed by atoms with van der Waals surface area (Å²) in [5.74, 6) is -0.100. The number of hydrogen-bond acceptors (Lipinski definition) is 3. The molecule has 1 aromatic rings. The highest BCUT2D eigenvalue weighted by atomic mass is 16.6. The molecule has 0 amide bonds. The van der Waals surface area contributed by atoms with Crippen LogP contribution >= 0.6 is 0 Å². The highest BCUT2D eigenvalue weighted by Crippen LogP contribution is 2.31. The van der Waals surface area contributed by atoms with E-state index in [1.807, 2.05) is 30.3 Å². The van der Waals surface area contributed by atoms with E-state index >= 15 is 0 Å². The molecule has 0 aliphatic carbocycles. The molecular weight excluding hydrogens is 252 g/mol. The van der Waals surface area contributed by atoms with Crippen LogP contribution in [0.5, 0.6) is 0 Å². The van der Waals surface area contributed by atoms with Gasteiger partial charge in [-0.05, 0) is 17.9 Å². The lowest BCUT2D eigenvalue weighted by atomic mass is 9.86. The summed E-state index contributed by atoms with van der Waals surface area (Å²) in [4.78, 5) is 12.0. The largest absolute Gasteiger partial charge is 0.459 e. The van der Waals surface area contributed by atoms with Gasteiger partial charge in [0.2, 0.25) is 0 Å². The highest BCUT2D eigenvalue weighted by molar-refractivity contribution is 5.75. The van der Waals surface area contributed by atoms with Gasteiger partial charge < -0.3 is 9.84 Å². The summed E-state index contributed by atoms with van der Waals surface area (Å²) in [7, 11) is 0. The second-order valence-corrected chi connectivity index (χ2v) is 5.68. The van der Waals surface area contributed by atoms with Gasteiger partial charge in [0.25, 0.3) is 0 Å². The molecule has 110 valence electrons. The molecule has 3 unspecified atom stereocenters. The number of ether oxygens (including phenoxy) is 1. The molecule has 1 aliphatic heterocycles. The van der Waals surface area contributed by atoms with Crippen molar-refractivity contribution in [1.29, 1.82) is 0 Å². The van der Waals surface area contributed by atoms with Crippen LogP contribution in [0.25, 0.3) is 0 Å². The summed E-state index contributed by atoms with van der Waals surface area (Å²) in [6, 6.07) is 9.86. The van der Waals surface area contributed by atoms with E-state index in [4.69, 9.17) is 4.74 Å². The predicted molar refractivity (Wildman–Crippen MR) is 78.2 cm³/mol. The van der Waals surface area contributed by atoms with Gasteiger partial charge >= 0.3 is 5.97 Å². The van der Waals surface area contributed by atoms with E-state index in [1.54, 1.807) is 0 Å². The minimum Gasteiger partial charge on any atom is -0.459 e. The van der Waals surface area contributed by atoms with Gasteiger partial charge in [-0.1, -0.05) is 57.0 Å². The average Bonchev–Trinajstić information content (AvgIpc) is 2.72. The van der Waals surface area contributed by atoms with E-state index in [2.05, 4.69) is 13.8 Å². The molecule has 1 fully saturated rings. The van der Waals surface area contributed by atoms with E-state index in [0.29, 0.717) is 12.3 Å². The Kier molecular flexibility index (Phi) is 5.18. The molecule has 3 atom stereocenters. The molecule has 1 heterocycles. The van der Waals surface area contributed by atoms with Crippen molar-refractivity contribution in [3.8, 4) is 0 Å². The summed E-state index contributed by atoms with van der Waals surface area (Å²) in [6.45, 7) is 4.25. The topological polar surface area (TPSA) is 46.5 Å². The van der Waals surface area contributed by atoms with Crippen LogP contribution in [0.15, 0.2) is 30.3 Å². The number of rotatable bonds is 6. The van der Waals surface area contributed by atoms with E-state index in [1.165, 1.54) is 0 Å². The molecule has 1 aliphatic rings. The molecule has 3 nitrogen and oxygen atoms in total. The highest BCUT2D eigenvalue weighted by Gasteiger charge is 2.43. The second-order valence-electron chi connectivity index (χ2n) is 5.68. The third-order valence-corrected chi connectivity index (χ3v) is 4.39. The Bertz CT molecular complexity index is 425. The molecule has 1 aromatic carbocycles. The number of carbonyl (C=O) groups excluding carboxylic acids is 1. The van der Waals surface area contributed by atoms with Crippen molar-refractivity contribution in [3.63, 3.8) is 0 Å². The van der Waals surface area contributed by atoms with Crippen molar-refractivity contribution in [2.75, 3.05) is 0 Å². The average molecular weight is 276 g/mol. The van der Waals surface area contributed by atoms with Gasteiger partial charge in [-0.3, -0.25) is 4.79 Å². The van der Waals surface area contributed by atoms with Crippen molar-refractivity contribution in [2.45, 2.75) is 51.7 Å². The van der Waals surface area contributed by atoms with Gasteiger partial charge in [0.1, 0.15) is 12.2 Å². The molecule has 0 bridgehead atoms. The number of carbonyl (C=O) groups is 1. The Morgan fingerprint density at radius 2 is 1.85 bits per heavy atom. The monoisotopic (exact) mass is 276 g/mol. The molecule has 20 heavy (non-hydrogen) atoms. The van der Waals surface area contributed by atoms with Crippen LogP contribution in [0.1, 0.15) is 38.7 Å². The Hall–Kier alpha value is -1.35. The molecule has 0 aromatic heterocycles. The van der Waals surface area contributed by atoms with E-state index in [-0.39, 0.29) is 11.9 Å². The number of hydrogen-bond donors (Lipinski definition) is 1. The maximum atomic E-state index is 12.0. The Balaban J connectivity index is 1.99. The van der Waals surface area contributed by atoms with Crippen LogP contribution in [-0.2, 0) is 16.0 Å². The van der Waals surface area contributed by atoms with Crippen LogP contribution in [0.2, 0.25) is 0 Å². The van der Waals surface area contributed by atoms with Gasteiger partial charge in [-0.25, -0.2) is 0 Å². The normalized spacial score (nSPS) is 26.0. The molecule has 0 saturated carbocycles.